The molecule has 2 aliphatic rings. The van der Waals surface area contributed by atoms with E-state index in [1.807, 2.05) is 0 Å². The largest absolute Gasteiger partial charge is 0.458 e. The molecule has 0 radical (unpaired) electrons. The number of hydrogen-bond acceptors (Lipinski definition) is 4. The molecule has 0 atom stereocenters. The lowest BCUT2D eigenvalue weighted by Gasteiger charge is -2.40. The molecule has 1 aromatic heterocycles. The van der Waals surface area contributed by atoms with Gasteiger partial charge in [0.15, 0.2) is 0 Å². The van der Waals surface area contributed by atoms with E-state index < -0.39 is 0 Å². The van der Waals surface area contributed by atoms with Gasteiger partial charge in [-0.2, -0.15) is 0 Å². The van der Waals surface area contributed by atoms with Crippen LogP contribution in [0.1, 0.15) is 26.3 Å². The summed E-state index contributed by atoms with van der Waals surface area (Å²) < 4.78 is 13.7. The second kappa shape index (κ2) is 11.9. The van der Waals surface area contributed by atoms with Crippen LogP contribution in [-0.2, 0) is 5.41 Å². The van der Waals surface area contributed by atoms with Gasteiger partial charge in [0.2, 0.25) is 0 Å². The number of nitrogens with zero attached hydrogens (tertiary/aromatic N) is 2. The van der Waals surface area contributed by atoms with E-state index in [1.165, 1.54) is 32.9 Å². The van der Waals surface area contributed by atoms with E-state index in [4.69, 9.17) is 9.15 Å². The highest BCUT2D eigenvalue weighted by atomic mass is 16.5. The lowest BCUT2D eigenvalue weighted by molar-refractivity contribution is 0.488. The first-order valence-electron chi connectivity index (χ1n) is 19.0. The van der Waals surface area contributed by atoms with Crippen LogP contribution in [0.15, 0.2) is 174 Å². The van der Waals surface area contributed by atoms with Gasteiger partial charge in [-0.25, -0.2) is 0 Å². The first-order chi connectivity index (χ1) is 26.9. The molecule has 262 valence electrons. The number of benzene rings is 8. The Morgan fingerprint density at radius 1 is 0.509 bits per heavy atom. The summed E-state index contributed by atoms with van der Waals surface area (Å²) in [4.78, 5) is 4.69. The highest BCUT2D eigenvalue weighted by Crippen LogP contribution is 2.44. The monoisotopic (exact) mass is 708 g/mol. The normalized spacial score (nSPS) is 13.1. The van der Waals surface area contributed by atoms with Gasteiger partial charge in [0.05, 0.1) is 0 Å². The second-order valence-corrected chi connectivity index (χ2v) is 15.8. The predicted octanol–water partition coefficient (Wildman–Crippen LogP) is 11.9. The highest BCUT2D eigenvalue weighted by Gasteiger charge is 2.43. The molecule has 0 unspecified atom stereocenters. The van der Waals surface area contributed by atoms with Crippen LogP contribution in [-0.4, -0.2) is 6.71 Å². The maximum atomic E-state index is 6.90. The molecule has 11 rings (SSSR count). The summed E-state index contributed by atoms with van der Waals surface area (Å²) in [5.74, 6) is 1.76. The topological polar surface area (TPSA) is 28.9 Å². The van der Waals surface area contributed by atoms with E-state index in [0.29, 0.717) is 0 Å². The van der Waals surface area contributed by atoms with Gasteiger partial charge in [0.25, 0.3) is 6.71 Å². The quantitative estimate of drug-likeness (QED) is 0.170. The van der Waals surface area contributed by atoms with Gasteiger partial charge in [0.1, 0.15) is 22.7 Å². The van der Waals surface area contributed by atoms with Crippen LogP contribution in [0.25, 0.3) is 32.7 Å². The van der Waals surface area contributed by atoms with Crippen LogP contribution in [0.2, 0.25) is 0 Å². The number of ether oxygens (including phenoxy) is 1. The maximum absolute atomic E-state index is 6.90. The number of para-hydroxylation sites is 2. The van der Waals surface area contributed by atoms with Crippen LogP contribution < -0.4 is 30.9 Å². The Balaban J connectivity index is 1.09. The summed E-state index contributed by atoms with van der Waals surface area (Å²) in [6, 6.07) is 60.8. The average Bonchev–Trinajstić information content (AvgIpc) is 3.57. The summed E-state index contributed by atoms with van der Waals surface area (Å²) in [7, 11) is 0. The molecule has 0 N–H and O–H groups in total. The van der Waals surface area contributed by atoms with E-state index in [2.05, 4.69) is 200 Å². The van der Waals surface area contributed by atoms with Crippen molar-refractivity contribution in [2.45, 2.75) is 26.2 Å². The molecular formula is C50H37BN2O2. The summed E-state index contributed by atoms with van der Waals surface area (Å²) >= 11 is 0. The van der Waals surface area contributed by atoms with Crippen molar-refractivity contribution in [3.63, 3.8) is 0 Å². The van der Waals surface area contributed by atoms with E-state index in [0.717, 1.165) is 67.3 Å². The van der Waals surface area contributed by atoms with E-state index in [-0.39, 0.29) is 12.1 Å². The molecule has 4 nitrogen and oxygen atoms in total. The van der Waals surface area contributed by atoms with Crippen molar-refractivity contribution in [1.29, 1.82) is 0 Å². The van der Waals surface area contributed by atoms with E-state index in [1.54, 1.807) is 0 Å². The van der Waals surface area contributed by atoms with E-state index in [9.17, 15) is 0 Å². The van der Waals surface area contributed by atoms with Gasteiger partial charge in [0, 0.05) is 51.0 Å². The molecule has 0 saturated heterocycles. The minimum Gasteiger partial charge on any atom is -0.458 e. The first kappa shape index (κ1) is 31.8. The van der Waals surface area contributed by atoms with Crippen molar-refractivity contribution >= 4 is 89.9 Å². The molecule has 5 heteroatoms. The van der Waals surface area contributed by atoms with Crippen molar-refractivity contribution in [3.8, 4) is 11.5 Å². The molecule has 0 spiro atoms. The Kier molecular flexibility index (Phi) is 6.87. The van der Waals surface area contributed by atoms with Crippen LogP contribution >= 0.6 is 0 Å². The fraction of sp³-hybridized carbons (Fsp3) is 0.0800. The third-order valence-electron chi connectivity index (χ3n) is 11.4. The molecule has 2 aliphatic heterocycles. The Morgan fingerprint density at radius 3 is 2.00 bits per heavy atom. The van der Waals surface area contributed by atoms with Crippen LogP contribution in [0, 0.1) is 0 Å². The van der Waals surface area contributed by atoms with Gasteiger partial charge in [-0.1, -0.05) is 106 Å². The highest BCUT2D eigenvalue weighted by molar-refractivity contribution is 7.00. The van der Waals surface area contributed by atoms with Crippen LogP contribution in [0.3, 0.4) is 0 Å². The predicted molar refractivity (Wildman–Crippen MR) is 230 cm³/mol. The van der Waals surface area contributed by atoms with Crippen molar-refractivity contribution in [1.82, 2.24) is 0 Å². The number of hydrogen-bond donors (Lipinski definition) is 0. The van der Waals surface area contributed by atoms with Crippen molar-refractivity contribution in [2.75, 3.05) is 9.80 Å². The molecular weight excluding hydrogens is 671 g/mol. The average molecular weight is 709 g/mol. The summed E-state index contributed by atoms with van der Waals surface area (Å²) in [6.07, 6.45) is 0. The Hall–Kier alpha value is -6.72. The Bertz CT molecular complexity index is 2950. The lowest BCUT2D eigenvalue weighted by atomic mass is 9.33. The second-order valence-electron chi connectivity index (χ2n) is 15.8. The Labute approximate surface area is 320 Å². The lowest BCUT2D eigenvalue weighted by Crippen LogP contribution is -2.59. The number of furan rings is 1. The van der Waals surface area contributed by atoms with Crippen LogP contribution in [0.5, 0.6) is 11.5 Å². The van der Waals surface area contributed by atoms with Gasteiger partial charge in [-0.15, -0.1) is 0 Å². The third-order valence-corrected chi connectivity index (χ3v) is 11.4. The number of rotatable bonds is 4. The van der Waals surface area contributed by atoms with Crippen molar-refractivity contribution in [3.05, 3.63) is 175 Å². The zero-order valence-electron chi connectivity index (χ0n) is 31.0. The molecule has 0 amide bonds. The smallest absolute Gasteiger partial charge is 0.257 e. The first-order valence-corrected chi connectivity index (χ1v) is 19.0. The zero-order chi connectivity index (χ0) is 36.8. The number of fused-ring (bicyclic) bond motifs is 9. The molecule has 0 saturated carbocycles. The molecule has 55 heavy (non-hydrogen) atoms. The molecule has 0 bridgehead atoms. The molecule has 0 aliphatic carbocycles. The fourth-order valence-electron chi connectivity index (χ4n) is 8.84. The Morgan fingerprint density at radius 2 is 1.20 bits per heavy atom. The van der Waals surface area contributed by atoms with Gasteiger partial charge in [-0.3, -0.25) is 0 Å². The standard InChI is InChI=1S/C50H37BN2O2/c1-50(2,3)33-22-24-36(25-23-33)52(34-14-6-4-7-15-34)37-26-27-39-40-30-47-41(31-46(40)55-45(39)29-37)51-48-38-18-11-10-13-32(38)21-28-43(48)53(35-16-8-5-9-17-35)42-19-12-20-44(54-47)49(42)51/h4-31H,1-3H3. The summed E-state index contributed by atoms with van der Waals surface area (Å²) in [5.41, 5.74) is 13.3. The molecule has 3 heterocycles. The van der Waals surface area contributed by atoms with Crippen LogP contribution in [0.4, 0.5) is 34.1 Å². The molecule has 0 fully saturated rings. The van der Waals surface area contributed by atoms with Gasteiger partial charge < -0.3 is 19.0 Å². The summed E-state index contributed by atoms with van der Waals surface area (Å²) in [6.45, 7) is 6.71. The van der Waals surface area contributed by atoms with Gasteiger partial charge >= 0.3 is 0 Å². The minimum absolute atomic E-state index is 0.0474. The van der Waals surface area contributed by atoms with Crippen molar-refractivity contribution < 1.29 is 9.15 Å². The minimum atomic E-state index is -0.0474. The molecule has 8 aromatic carbocycles. The zero-order valence-corrected chi connectivity index (χ0v) is 31.0. The summed E-state index contributed by atoms with van der Waals surface area (Å²) in [5, 5.41) is 4.56. The van der Waals surface area contributed by atoms with E-state index >= 15 is 0 Å². The third kappa shape index (κ3) is 4.93. The SMILES string of the molecule is CC(C)(C)c1ccc(N(c2ccccc2)c2ccc3c(c2)oc2cc4c(cc23)Oc2cccc3c2B4c2c(ccc4ccccc24)N3c2ccccc2)cc1. The van der Waals surface area contributed by atoms with Gasteiger partial charge in [-0.05, 0) is 117 Å². The van der Waals surface area contributed by atoms with Crippen molar-refractivity contribution in [2.24, 2.45) is 0 Å². The molecule has 9 aromatic rings. The maximum Gasteiger partial charge on any atom is 0.257 e. The number of anilines is 6. The fourth-order valence-corrected chi connectivity index (χ4v) is 8.84.